The van der Waals surface area contributed by atoms with E-state index < -0.39 is 31.4 Å². The van der Waals surface area contributed by atoms with Crippen LogP contribution in [0.25, 0.3) is 0 Å². The minimum absolute atomic E-state index is 0.200. The Kier molecular flexibility index (Phi) is 15.3. The first-order valence-electron chi connectivity index (χ1n) is 19.3. The number of ether oxygens (including phenoxy) is 5. The molecular weight excluding hydrogens is 757 g/mol. The highest BCUT2D eigenvalue weighted by Gasteiger charge is 2.39. The fourth-order valence-electron chi connectivity index (χ4n) is 7.12. The molecule has 0 saturated heterocycles. The number of esters is 1. The molecule has 0 fully saturated rings. The van der Waals surface area contributed by atoms with Gasteiger partial charge in [-0.1, -0.05) is 68.4 Å². The summed E-state index contributed by atoms with van der Waals surface area (Å²) in [5, 5.41) is 0. The predicted octanol–water partition coefficient (Wildman–Crippen LogP) is 11.2. The highest BCUT2D eigenvalue weighted by Crippen LogP contribution is 2.34. The van der Waals surface area contributed by atoms with Gasteiger partial charge < -0.3 is 31.9 Å². The van der Waals surface area contributed by atoms with Crippen LogP contribution < -0.4 is 23.7 Å². The van der Waals surface area contributed by atoms with Gasteiger partial charge in [0.05, 0.1) is 14.2 Å². The maximum absolute atomic E-state index is 12.8. The van der Waals surface area contributed by atoms with Crippen molar-refractivity contribution in [1.82, 2.24) is 0 Å². The zero-order chi connectivity index (χ0) is 41.1. The number of carbonyl (C=O) groups excluding carboxylic acids is 2. The molecule has 0 amide bonds. The molecule has 4 rings (SSSR count). The molecule has 0 unspecified atom stereocenters. The Balaban J connectivity index is 1.24. The number of benzene rings is 4. The zero-order valence-corrected chi connectivity index (χ0v) is 38.1. The Morgan fingerprint density at radius 3 is 1.50 bits per heavy atom. The van der Waals surface area contributed by atoms with Gasteiger partial charge in [-0.2, -0.15) is 0 Å². The summed E-state index contributed by atoms with van der Waals surface area (Å²) in [5.41, 5.74) is 4.33. The summed E-state index contributed by atoms with van der Waals surface area (Å²) in [6.07, 6.45) is 2.82. The normalized spacial score (nSPS) is 12.2. The van der Waals surface area contributed by atoms with Crippen molar-refractivity contribution in [2.24, 2.45) is 0 Å². The summed E-state index contributed by atoms with van der Waals surface area (Å²) in [4.78, 5) is 24.2. The van der Waals surface area contributed by atoms with Crippen molar-refractivity contribution in [1.29, 1.82) is 0 Å². The predicted molar refractivity (Wildman–Crippen MR) is 230 cm³/mol. The minimum Gasteiger partial charge on any atom is -0.493 e. The average molecular weight is 817 g/mol. The Bertz CT molecular complexity index is 1910. The monoisotopic (exact) mass is 816 g/mol. The molecule has 0 atom stereocenters. The lowest BCUT2D eigenvalue weighted by Crippen LogP contribution is -2.52. The second-order valence-corrected chi connectivity index (χ2v) is 28.8. The third-order valence-electron chi connectivity index (χ3n) is 9.71. The fraction of sp³-hybridized carbons (Fsp3) is 0.409. The smallest absolute Gasteiger partial charge is 0.493 e. The molecule has 0 aliphatic heterocycles. The lowest BCUT2D eigenvalue weighted by Gasteiger charge is -2.39. The summed E-state index contributed by atoms with van der Waals surface area (Å²) in [6, 6.07) is 31.1. The molecule has 0 spiro atoms. The van der Waals surface area contributed by atoms with Crippen LogP contribution in [0.5, 0.6) is 28.7 Å². The van der Waals surface area contributed by atoms with Gasteiger partial charge in [-0.25, -0.2) is 4.79 Å². The summed E-state index contributed by atoms with van der Waals surface area (Å²) in [7, 11) is -3.28. The average Bonchev–Trinajstić information content (AvgIpc) is 3.12. The van der Waals surface area contributed by atoms with Crippen LogP contribution in [0.3, 0.4) is 0 Å². The molecule has 0 N–H and O–H groups in total. The standard InChI is InChI=1S/C44H60O9Si3/c1-33(45)49-39-27-21-34(31-41(39)47-4)17-15-29-54(6,7)52-56(10,11)53-55(8,9)30-16-18-35-22-28-40(42(32-35)48-5)51-43(46)50-38-25-23-37(24-26-38)44(2,3)36-19-13-12-14-20-36/h12-14,19-28,31-32H,15-18,29-30H2,1-11H3. The minimum atomic E-state index is -2.39. The molecule has 0 saturated carbocycles. The molecule has 4 aromatic carbocycles. The number of hydrogen-bond donors (Lipinski definition) is 0. The van der Waals surface area contributed by atoms with Gasteiger partial charge in [-0.3, -0.25) is 4.79 Å². The first-order chi connectivity index (χ1) is 26.3. The third kappa shape index (κ3) is 13.5. The topological polar surface area (TPSA) is 98.8 Å². The van der Waals surface area contributed by atoms with Crippen LogP contribution in [0.1, 0.15) is 55.9 Å². The summed E-state index contributed by atoms with van der Waals surface area (Å²) < 4.78 is 41.1. The zero-order valence-electron chi connectivity index (χ0n) is 35.1. The van der Waals surface area contributed by atoms with Crippen LogP contribution in [0.2, 0.25) is 51.4 Å². The van der Waals surface area contributed by atoms with E-state index in [2.05, 4.69) is 65.3 Å². The SMILES string of the molecule is COc1cc(CCC[Si](C)(C)O[Si](C)(C)O[Si](C)(C)CCCc2ccc(OC(=O)Oc3ccc(C(C)(C)c4ccccc4)cc3)c(OC)c2)ccc1OC(C)=O. The number of rotatable bonds is 19. The largest absolute Gasteiger partial charge is 0.519 e. The molecule has 4 aromatic rings. The molecule has 0 heterocycles. The molecular formula is C44H60O9Si3. The lowest BCUT2D eigenvalue weighted by molar-refractivity contribution is -0.132. The van der Waals surface area contributed by atoms with E-state index in [0.29, 0.717) is 28.7 Å². The van der Waals surface area contributed by atoms with Gasteiger partial charge >= 0.3 is 20.7 Å². The lowest BCUT2D eigenvalue weighted by atomic mass is 9.78. The highest BCUT2D eigenvalue weighted by molar-refractivity contribution is 6.87. The molecule has 302 valence electrons. The third-order valence-corrected chi connectivity index (χ3v) is 21.2. The van der Waals surface area contributed by atoms with E-state index in [1.165, 1.54) is 12.5 Å². The Labute approximate surface area is 337 Å². The van der Waals surface area contributed by atoms with Crippen molar-refractivity contribution in [2.45, 2.75) is 103 Å². The first-order valence-corrected chi connectivity index (χ1v) is 28.3. The quantitative estimate of drug-likeness (QED) is 0.0396. The molecule has 12 heteroatoms. The van der Waals surface area contributed by atoms with Crippen LogP contribution >= 0.6 is 0 Å². The number of aryl methyl sites for hydroxylation is 2. The van der Waals surface area contributed by atoms with E-state index in [0.717, 1.165) is 54.5 Å². The molecule has 9 nitrogen and oxygen atoms in total. The van der Waals surface area contributed by atoms with Crippen LogP contribution in [-0.2, 0) is 31.3 Å². The van der Waals surface area contributed by atoms with Gasteiger partial charge in [-0.15, -0.1) is 0 Å². The second-order valence-electron chi connectivity index (χ2n) is 16.4. The molecule has 0 aliphatic rings. The van der Waals surface area contributed by atoms with Crippen LogP contribution in [0.15, 0.2) is 91.0 Å². The van der Waals surface area contributed by atoms with Crippen molar-refractivity contribution in [3.8, 4) is 28.7 Å². The van der Waals surface area contributed by atoms with Gasteiger partial charge in [0.25, 0.3) is 0 Å². The van der Waals surface area contributed by atoms with Crippen LogP contribution in [0, 0.1) is 0 Å². The Morgan fingerprint density at radius 2 is 1.04 bits per heavy atom. The van der Waals surface area contributed by atoms with E-state index in [-0.39, 0.29) is 11.4 Å². The van der Waals surface area contributed by atoms with E-state index in [9.17, 15) is 9.59 Å². The molecule has 56 heavy (non-hydrogen) atoms. The van der Waals surface area contributed by atoms with Crippen molar-refractivity contribution in [3.05, 3.63) is 113 Å². The second kappa shape index (κ2) is 19.3. The van der Waals surface area contributed by atoms with Gasteiger partial charge in [0.1, 0.15) is 5.75 Å². The van der Waals surface area contributed by atoms with E-state index >= 15 is 0 Å². The van der Waals surface area contributed by atoms with Gasteiger partial charge in [0.15, 0.2) is 39.6 Å². The maximum atomic E-state index is 12.8. The maximum Gasteiger partial charge on any atom is 0.519 e. The summed E-state index contributed by atoms with van der Waals surface area (Å²) in [5.74, 6) is 1.79. The molecule has 0 bridgehead atoms. The number of methoxy groups -OCH3 is 2. The molecule has 0 aromatic heterocycles. The highest BCUT2D eigenvalue weighted by atomic mass is 28.5. The van der Waals surface area contributed by atoms with Crippen molar-refractivity contribution in [3.63, 3.8) is 0 Å². The van der Waals surface area contributed by atoms with E-state index in [4.69, 9.17) is 31.9 Å². The van der Waals surface area contributed by atoms with Gasteiger partial charge in [0.2, 0.25) is 0 Å². The first kappa shape index (κ1) is 44.5. The van der Waals surface area contributed by atoms with Crippen molar-refractivity contribution < 1.29 is 41.5 Å². The number of hydrogen-bond acceptors (Lipinski definition) is 9. The summed E-state index contributed by atoms with van der Waals surface area (Å²) in [6.45, 7) is 19.1. The molecule has 0 aliphatic carbocycles. The van der Waals surface area contributed by atoms with E-state index in [1.807, 2.05) is 54.6 Å². The Morgan fingerprint density at radius 1 is 0.571 bits per heavy atom. The van der Waals surface area contributed by atoms with Crippen molar-refractivity contribution >= 4 is 37.3 Å². The van der Waals surface area contributed by atoms with Crippen molar-refractivity contribution in [2.75, 3.05) is 14.2 Å². The van der Waals surface area contributed by atoms with Gasteiger partial charge in [0, 0.05) is 12.3 Å². The summed E-state index contributed by atoms with van der Waals surface area (Å²) >= 11 is 0. The van der Waals surface area contributed by atoms with E-state index in [1.54, 1.807) is 38.5 Å². The Hall–Kier alpha value is -4.21. The van der Waals surface area contributed by atoms with Gasteiger partial charge in [-0.05, 0) is 136 Å². The fourth-order valence-corrected chi connectivity index (χ4v) is 21.2. The van der Waals surface area contributed by atoms with Crippen LogP contribution in [-0.4, -0.2) is 51.5 Å². The van der Waals surface area contributed by atoms with Crippen LogP contribution in [0.4, 0.5) is 4.79 Å². The number of carbonyl (C=O) groups is 2. The molecule has 0 radical (unpaired) electrons.